The van der Waals surface area contributed by atoms with Crippen molar-refractivity contribution >= 4 is 21.9 Å². The van der Waals surface area contributed by atoms with Gasteiger partial charge in [0.05, 0.1) is 0 Å². The molecular weight excluding hydrogens is 382 g/mol. The average Bonchev–Trinajstić information content (AvgIpc) is 2.60. The third-order valence-corrected chi connectivity index (χ3v) is 5.87. The zero-order valence-corrected chi connectivity index (χ0v) is 15.7. The van der Waals surface area contributed by atoms with Gasteiger partial charge < -0.3 is 10.1 Å². The number of carbonyl (C=O) groups excluding carboxylic acids is 2. The van der Waals surface area contributed by atoms with Crippen molar-refractivity contribution in [3.8, 4) is 0 Å². The smallest absolute Gasteiger partial charge is 0.321 e. The summed E-state index contributed by atoms with van der Waals surface area (Å²) in [5.41, 5.74) is 0. The number of halogens is 2. The lowest BCUT2D eigenvalue weighted by Crippen LogP contribution is -2.43. The summed E-state index contributed by atoms with van der Waals surface area (Å²) in [7, 11) is -4.59. The van der Waals surface area contributed by atoms with Crippen molar-refractivity contribution in [1.82, 2.24) is 10.0 Å². The number of hydrogen-bond donors (Lipinski definition) is 2. The molecule has 0 aromatic heterocycles. The van der Waals surface area contributed by atoms with Gasteiger partial charge in [0.1, 0.15) is 18.2 Å². The van der Waals surface area contributed by atoms with Crippen molar-refractivity contribution < 1.29 is 31.5 Å². The van der Waals surface area contributed by atoms with Crippen molar-refractivity contribution in [2.24, 2.45) is 5.92 Å². The number of rotatable bonds is 7. The minimum absolute atomic E-state index is 0.0208. The molecule has 0 heterocycles. The van der Waals surface area contributed by atoms with Gasteiger partial charge in [-0.25, -0.2) is 17.2 Å². The summed E-state index contributed by atoms with van der Waals surface area (Å²) in [5.74, 6) is -3.75. The molecule has 0 spiro atoms. The van der Waals surface area contributed by atoms with Gasteiger partial charge in [-0.1, -0.05) is 25.8 Å². The Morgan fingerprint density at radius 1 is 1.19 bits per heavy atom. The van der Waals surface area contributed by atoms with E-state index in [9.17, 15) is 26.8 Å². The Hall–Kier alpha value is -2.07. The molecule has 1 saturated carbocycles. The van der Waals surface area contributed by atoms with Gasteiger partial charge in [0.25, 0.3) is 5.91 Å². The van der Waals surface area contributed by atoms with Crippen LogP contribution in [0.5, 0.6) is 0 Å². The normalized spacial score (nSPS) is 20.1. The number of sulfonamides is 1. The molecule has 1 amide bonds. The Kier molecular flexibility index (Phi) is 7.25. The molecule has 10 heteroatoms. The fraction of sp³-hybridized carbons (Fsp3) is 0.529. The lowest BCUT2D eigenvalue weighted by Gasteiger charge is -2.29. The highest BCUT2D eigenvalue weighted by atomic mass is 32.2. The van der Waals surface area contributed by atoms with E-state index in [1.54, 1.807) is 4.72 Å². The molecule has 0 saturated heterocycles. The molecule has 0 bridgehead atoms. The maximum atomic E-state index is 13.6. The van der Waals surface area contributed by atoms with Crippen molar-refractivity contribution in [2.45, 2.75) is 43.5 Å². The third kappa shape index (κ3) is 5.96. The van der Waals surface area contributed by atoms with Crippen LogP contribution in [0.15, 0.2) is 23.1 Å². The molecule has 1 aliphatic carbocycles. The van der Waals surface area contributed by atoms with Crippen LogP contribution in [0.25, 0.3) is 0 Å². The van der Waals surface area contributed by atoms with Gasteiger partial charge in [-0.3, -0.25) is 9.59 Å². The number of benzene rings is 1. The fourth-order valence-electron chi connectivity index (χ4n) is 2.94. The van der Waals surface area contributed by atoms with Crippen LogP contribution in [0.3, 0.4) is 0 Å². The first-order chi connectivity index (χ1) is 12.7. The van der Waals surface area contributed by atoms with Crippen molar-refractivity contribution in [3.05, 3.63) is 29.8 Å². The molecule has 2 atom stereocenters. The Labute approximate surface area is 156 Å². The molecule has 150 valence electrons. The first kappa shape index (κ1) is 21.2. The Bertz CT molecular complexity index is 780. The summed E-state index contributed by atoms with van der Waals surface area (Å²) in [6, 6.07) is 2.61. The second kappa shape index (κ2) is 9.23. The Morgan fingerprint density at radius 2 is 1.81 bits per heavy atom. The van der Waals surface area contributed by atoms with E-state index in [1.807, 2.05) is 6.92 Å². The number of nitrogens with one attached hydrogen (secondary N) is 2. The maximum Gasteiger partial charge on any atom is 0.321 e. The summed E-state index contributed by atoms with van der Waals surface area (Å²) in [6.07, 6.45) is 4.00. The van der Waals surface area contributed by atoms with Crippen LogP contribution in [0.2, 0.25) is 0 Å². The molecule has 7 nitrogen and oxygen atoms in total. The van der Waals surface area contributed by atoms with E-state index in [2.05, 4.69) is 5.32 Å². The molecule has 0 radical (unpaired) electrons. The minimum Gasteiger partial charge on any atom is -0.455 e. The lowest BCUT2D eigenvalue weighted by atomic mass is 9.86. The number of hydrogen-bond acceptors (Lipinski definition) is 5. The summed E-state index contributed by atoms with van der Waals surface area (Å²) < 4.78 is 57.4. The second-order valence-electron chi connectivity index (χ2n) is 6.47. The topological polar surface area (TPSA) is 102 Å². The van der Waals surface area contributed by atoms with Crippen LogP contribution in [0.4, 0.5) is 8.78 Å². The van der Waals surface area contributed by atoms with Gasteiger partial charge in [-0.2, -0.15) is 4.72 Å². The summed E-state index contributed by atoms with van der Waals surface area (Å²) >= 11 is 0. The molecule has 0 unspecified atom stereocenters. The summed E-state index contributed by atoms with van der Waals surface area (Å²) in [6.45, 7) is 0.619. The largest absolute Gasteiger partial charge is 0.455 e. The summed E-state index contributed by atoms with van der Waals surface area (Å²) in [5, 5.41) is 2.78. The quantitative estimate of drug-likeness (QED) is 0.671. The van der Waals surface area contributed by atoms with Crippen molar-refractivity contribution in [3.63, 3.8) is 0 Å². The van der Waals surface area contributed by atoms with Crippen LogP contribution in [-0.4, -0.2) is 39.5 Å². The van der Waals surface area contributed by atoms with E-state index in [0.29, 0.717) is 5.92 Å². The van der Waals surface area contributed by atoms with Crippen molar-refractivity contribution in [1.29, 1.82) is 0 Å². The van der Waals surface area contributed by atoms with Crippen LogP contribution in [-0.2, 0) is 24.3 Å². The Morgan fingerprint density at radius 3 is 2.44 bits per heavy atom. The molecular formula is C17H22F2N2O5S. The van der Waals surface area contributed by atoms with Crippen LogP contribution < -0.4 is 10.0 Å². The SMILES string of the molecule is C[C@H]1CCCC[C@@H]1NC(=O)COC(=O)CNS(=O)(=O)c1c(F)cccc1F. The lowest BCUT2D eigenvalue weighted by molar-refractivity contribution is -0.147. The molecule has 2 N–H and O–H groups in total. The maximum absolute atomic E-state index is 13.6. The monoisotopic (exact) mass is 404 g/mol. The van der Waals surface area contributed by atoms with E-state index >= 15 is 0 Å². The standard InChI is InChI=1S/C17H22F2N2O5S/c1-11-5-2-3-8-14(11)21-15(22)10-26-16(23)9-20-27(24,25)17-12(18)6-4-7-13(17)19/h4,6-7,11,14,20H,2-3,5,8-10H2,1H3,(H,21,22)/t11-,14-/m0/s1. The highest BCUT2D eigenvalue weighted by molar-refractivity contribution is 7.89. The van der Waals surface area contributed by atoms with Crippen LogP contribution in [0, 0.1) is 17.6 Å². The van der Waals surface area contributed by atoms with E-state index in [4.69, 9.17) is 4.74 Å². The molecule has 1 aromatic carbocycles. The zero-order chi connectivity index (χ0) is 20.0. The number of amides is 1. The Balaban J connectivity index is 1.81. The van der Waals surface area contributed by atoms with Crippen LogP contribution >= 0.6 is 0 Å². The van der Waals surface area contributed by atoms with Gasteiger partial charge >= 0.3 is 5.97 Å². The first-order valence-electron chi connectivity index (χ1n) is 8.59. The van der Waals surface area contributed by atoms with E-state index < -0.39 is 51.6 Å². The summed E-state index contributed by atoms with van der Waals surface area (Å²) in [4.78, 5) is 22.3. The van der Waals surface area contributed by atoms with E-state index in [-0.39, 0.29) is 6.04 Å². The average molecular weight is 404 g/mol. The predicted molar refractivity (Wildman–Crippen MR) is 92.1 cm³/mol. The highest BCUT2D eigenvalue weighted by Crippen LogP contribution is 2.23. The number of esters is 1. The molecule has 1 aliphatic rings. The first-order valence-corrected chi connectivity index (χ1v) is 10.1. The highest BCUT2D eigenvalue weighted by Gasteiger charge is 2.25. The van der Waals surface area contributed by atoms with Crippen molar-refractivity contribution in [2.75, 3.05) is 13.2 Å². The predicted octanol–water partition coefficient (Wildman–Crippen LogP) is 1.48. The fourth-order valence-corrected chi connectivity index (χ4v) is 4.04. The minimum atomic E-state index is -4.59. The second-order valence-corrected chi connectivity index (χ2v) is 8.18. The number of ether oxygens (including phenoxy) is 1. The molecule has 1 aromatic rings. The molecule has 27 heavy (non-hydrogen) atoms. The van der Waals surface area contributed by atoms with Gasteiger partial charge in [-0.15, -0.1) is 0 Å². The van der Waals surface area contributed by atoms with Gasteiger partial charge in [0.15, 0.2) is 11.5 Å². The number of carbonyl (C=O) groups is 2. The van der Waals surface area contributed by atoms with Crippen LogP contribution in [0.1, 0.15) is 32.6 Å². The van der Waals surface area contributed by atoms with E-state index in [0.717, 1.165) is 43.9 Å². The van der Waals surface area contributed by atoms with E-state index in [1.165, 1.54) is 0 Å². The zero-order valence-electron chi connectivity index (χ0n) is 14.8. The third-order valence-electron chi connectivity index (χ3n) is 4.42. The van der Waals surface area contributed by atoms with Gasteiger partial charge in [0.2, 0.25) is 10.0 Å². The molecule has 0 aliphatic heterocycles. The molecule has 1 fully saturated rings. The van der Waals surface area contributed by atoms with Gasteiger partial charge in [0, 0.05) is 6.04 Å². The van der Waals surface area contributed by atoms with Gasteiger partial charge in [-0.05, 0) is 30.9 Å². The molecule has 2 rings (SSSR count).